The van der Waals surface area contributed by atoms with Crippen molar-refractivity contribution in [2.45, 2.75) is 442 Å². The molecule has 0 amide bonds. The first-order valence-electron chi connectivity index (χ1n) is 49.3. The maximum absolute atomic E-state index is 10.3. The third kappa shape index (κ3) is 23.5. The predicted octanol–water partition coefficient (Wildman–Crippen LogP) is 27.5. The monoisotopic (exact) mass is 1590 g/mol. The van der Waals surface area contributed by atoms with Crippen LogP contribution >= 0.6 is 0 Å². The van der Waals surface area contributed by atoms with Crippen LogP contribution in [0.25, 0.3) is 0 Å². The van der Waals surface area contributed by atoms with Gasteiger partial charge in [0.25, 0.3) is 0 Å². The molecule has 13 rings (SSSR count). The number of rotatable bonds is 23. The molecule has 25 unspecified atom stereocenters. The molecule has 0 aromatic rings. The summed E-state index contributed by atoms with van der Waals surface area (Å²) in [6.45, 7) is 52.7. The average Bonchev–Trinajstić information content (AvgIpc) is 1.72. The summed E-state index contributed by atoms with van der Waals surface area (Å²) in [5.74, 6) is 14.2. The van der Waals surface area contributed by atoms with Crippen molar-refractivity contribution in [3.63, 3.8) is 0 Å². The second-order valence-corrected chi connectivity index (χ2v) is 46.0. The minimum atomic E-state index is -0.615. The molecule has 13 saturated carbocycles. The topological polar surface area (TPSA) is 142 Å². The van der Waals surface area contributed by atoms with E-state index in [0.717, 1.165) is 177 Å². The Morgan fingerprint density at radius 2 is 0.739 bits per heavy atom. The maximum Gasteiger partial charge on any atom is 0.0811 e. The van der Waals surface area contributed by atoms with Crippen molar-refractivity contribution in [3.8, 4) is 0 Å². The molecule has 0 saturated heterocycles. The molecular weight excluding hydrogens is 1410 g/mol. The van der Waals surface area contributed by atoms with Crippen LogP contribution in [0.5, 0.6) is 0 Å². The molecule has 13 fully saturated rings. The highest BCUT2D eigenvalue weighted by atomic mass is 16.3. The van der Waals surface area contributed by atoms with E-state index in [1.165, 1.54) is 215 Å². The molecule has 7 heteroatoms. The molecule has 0 aliphatic heterocycles. The summed E-state index contributed by atoms with van der Waals surface area (Å²) in [6.07, 6.45) is 65.6. The summed E-state index contributed by atoms with van der Waals surface area (Å²) in [6, 6.07) is 0. The largest absolute Gasteiger partial charge is 0.393 e. The number of fused-ring (bicyclic) bond motifs is 8. The first-order chi connectivity index (χ1) is 54.2. The molecular formula is C108H180O7. The Kier molecular flexibility index (Phi) is 33.6. The van der Waals surface area contributed by atoms with Crippen molar-refractivity contribution in [2.24, 2.45) is 128 Å². The lowest BCUT2D eigenvalue weighted by Crippen LogP contribution is -2.54. The highest BCUT2D eigenvalue weighted by molar-refractivity contribution is 5.40. The van der Waals surface area contributed by atoms with Crippen molar-refractivity contribution >= 4 is 0 Å². The zero-order valence-electron chi connectivity index (χ0n) is 77.5. The molecule has 0 spiro atoms. The predicted molar refractivity (Wildman–Crippen MR) is 487 cm³/mol. The van der Waals surface area contributed by atoms with Crippen molar-refractivity contribution in [2.75, 3.05) is 0 Å². The fourth-order valence-corrected chi connectivity index (χ4v) is 29.3. The van der Waals surface area contributed by atoms with E-state index in [-0.39, 0.29) is 18.3 Å². The van der Waals surface area contributed by atoms with E-state index in [9.17, 15) is 35.7 Å². The van der Waals surface area contributed by atoms with Gasteiger partial charge in [-0.3, -0.25) is 0 Å². The summed E-state index contributed by atoms with van der Waals surface area (Å²) < 4.78 is 0. The van der Waals surface area contributed by atoms with Crippen LogP contribution < -0.4 is 0 Å². The Labute approximate surface area is 707 Å². The zero-order valence-corrected chi connectivity index (χ0v) is 77.5. The first-order valence-corrected chi connectivity index (χ1v) is 49.3. The smallest absolute Gasteiger partial charge is 0.0811 e. The van der Waals surface area contributed by atoms with Gasteiger partial charge in [0, 0.05) is 6.42 Å². The summed E-state index contributed by atoms with van der Waals surface area (Å²) in [5.41, 5.74) is 13.1. The van der Waals surface area contributed by atoms with Gasteiger partial charge < -0.3 is 35.7 Å². The Bertz CT molecular complexity index is 3350. The van der Waals surface area contributed by atoms with Gasteiger partial charge in [0.2, 0.25) is 0 Å². The summed E-state index contributed by atoms with van der Waals surface area (Å²) >= 11 is 0. The van der Waals surface area contributed by atoms with Crippen LogP contribution in [0.2, 0.25) is 0 Å². The van der Waals surface area contributed by atoms with Crippen LogP contribution in [0.15, 0.2) is 106 Å². The maximum atomic E-state index is 10.3. The van der Waals surface area contributed by atoms with E-state index < -0.39 is 23.4 Å². The molecule has 0 radical (unpaired) electrons. The lowest BCUT2D eigenvalue weighted by atomic mass is 9.44. The van der Waals surface area contributed by atoms with Gasteiger partial charge in [0.1, 0.15) is 0 Å². The van der Waals surface area contributed by atoms with Crippen LogP contribution in [0, 0.1) is 128 Å². The van der Waals surface area contributed by atoms with Crippen LogP contribution in [-0.2, 0) is 0 Å². The third-order valence-corrected chi connectivity index (χ3v) is 36.0. The summed E-state index contributed by atoms with van der Waals surface area (Å²) in [4.78, 5) is 0. The minimum Gasteiger partial charge on any atom is -0.393 e. The van der Waals surface area contributed by atoms with Gasteiger partial charge in [-0.15, -0.1) is 0 Å². The number of aliphatic hydroxyl groups is 7. The Hall–Kier alpha value is -2.62. The van der Waals surface area contributed by atoms with E-state index in [4.69, 9.17) is 0 Å². The number of hydrogen-bond acceptors (Lipinski definition) is 7. The molecule has 0 aromatic carbocycles. The summed E-state index contributed by atoms with van der Waals surface area (Å²) in [7, 11) is 0. The molecule has 0 heterocycles. The van der Waals surface area contributed by atoms with E-state index >= 15 is 0 Å². The van der Waals surface area contributed by atoms with Crippen molar-refractivity contribution in [1.82, 2.24) is 0 Å². The number of aliphatic hydroxyl groups excluding tert-OH is 5. The van der Waals surface area contributed by atoms with Crippen LogP contribution in [-0.4, -0.2) is 77.5 Å². The Morgan fingerprint density at radius 1 is 0.365 bits per heavy atom. The van der Waals surface area contributed by atoms with Gasteiger partial charge >= 0.3 is 0 Å². The molecule has 0 bridgehead atoms. The van der Waals surface area contributed by atoms with E-state index in [0.29, 0.717) is 51.8 Å². The quantitative estimate of drug-likeness (QED) is 0.0540. The number of allylic oxidation sites excluding steroid dienone is 11. The lowest BCUT2D eigenvalue weighted by Gasteiger charge is -2.61. The van der Waals surface area contributed by atoms with Gasteiger partial charge in [0.05, 0.1) is 41.7 Å². The fourth-order valence-electron chi connectivity index (χ4n) is 29.3. The zero-order chi connectivity index (χ0) is 83.8. The van der Waals surface area contributed by atoms with Crippen molar-refractivity contribution in [3.05, 3.63) is 106 Å². The molecule has 0 aromatic heterocycles. The molecule has 115 heavy (non-hydrogen) atoms. The van der Waals surface area contributed by atoms with E-state index in [1.54, 1.807) is 16.7 Å². The molecule has 7 N–H and O–H groups in total. The SMILES string of the molecule is C=C1/C(=C\C=C2/CCCC3(C)C2CCC3C(C)CCCC(C)(C)O)CC(O)CC1O.C=C1CCC(O)C/C1=C/C=C1\CCCC2(C)C1CCC2C(C)CCCC(C)(C)O.C=C1CCC(O)C/C1=C/C=C1\CCCC2(C)C1CCC2C(C)CCCC(C)C.CC(C)CCCC(C)C1CCC2C3CCC4CC(O)CCC4(C)C3CCC12C. The second kappa shape index (κ2) is 40.8. The molecule has 13 aliphatic rings. The van der Waals surface area contributed by atoms with E-state index in [2.05, 4.69) is 146 Å². The summed E-state index contributed by atoms with van der Waals surface area (Å²) in [5, 5.41) is 70.5. The van der Waals surface area contributed by atoms with Gasteiger partial charge in [0.15, 0.2) is 0 Å². The Balaban J connectivity index is 0.000000162. The molecule has 13 aliphatic carbocycles. The second-order valence-electron chi connectivity index (χ2n) is 46.0. The van der Waals surface area contributed by atoms with E-state index in [1.807, 2.05) is 27.7 Å². The molecule has 25 atom stereocenters. The number of hydrogen-bond donors (Lipinski definition) is 7. The fraction of sp³-hybridized carbons (Fsp3) is 0.833. The van der Waals surface area contributed by atoms with Gasteiger partial charge in [-0.05, 0) is 390 Å². The molecule has 7 nitrogen and oxygen atoms in total. The van der Waals surface area contributed by atoms with Crippen LogP contribution in [0.1, 0.15) is 400 Å². The van der Waals surface area contributed by atoms with Crippen molar-refractivity contribution in [1.29, 1.82) is 0 Å². The normalized spacial score (nSPS) is 40.7. The average molecular weight is 1590 g/mol. The van der Waals surface area contributed by atoms with Gasteiger partial charge in [-0.1, -0.05) is 238 Å². The van der Waals surface area contributed by atoms with Gasteiger partial charge in [-0.2, -0.15) is 0 Å². The standard InChI is InChI=1S/C27H44O3.C27H44O2.C27H48O.C27H44O/c1-18(8-6-14-26(3,4)30)23-12-13-24-20(9-7-15-27(23,24)5)10-11-21-16-22(28)17-25(29)19(21)2;1-19-10-13-23(28)18-22(19)12-11-21-9-7-17-27(5)24(14-15-25(21)27)20(2)8-6-16-26(3,4)29;1-18(2)7-6-8-19(3)23-11-12-24-22-10-9-20-17-21(28)13-15-26(20,4)25(22)14-16-27(23,24)5;1-19(2)8-6-9-21(4)25-15-16-26-22(10-7-17-27(25,26)5)12-13-23-18-24(28)14-11-20(23)3/h10-11,18,22-25,28-30H,2,6-9,12-17H2,1,3-5H3;11-12,20,23-25,28-29H,1,6-10,13-18H2,2-5H3;18-25,28H,6-17H2,1-5H3;12-13,19,21,24-26,28H,3,6-11,14-18H2,1-2,4-5H3/b20-10+,21-11-;21-11+,22-12-;;22-12+,23-13-. The highest BCUT2D eigenvalue weighted by Gasteiger charge is 2.61. The lowest BCUT2D eigenvalue weighted by molar-refractivity contribution is -0.129. The Morgan fingerprint density at radius 3 is 1.16 bits per heavy atom. The highest BCUT2D eigenvalue weighted by Crippen LogP contribution is 2.69. The first kappa shape index (κ1) is 94.6. The van der Waals surface area contributed by atoms with Crippen LogP contribution in [0.3, 0.4) is 0 Å². The van der Waals surface area contributed by atoms with Gasteiger partial charge in [-0.25, -0.2) is 0 Å². The van der Waals surface area contributed by atoms with Crippen molar-refractivity contribution < 1.29 is 35.7 Å². The molecule has 654 valence electrons. The minimum absolute atomic E-state index is 0.00830. The third-order valence-electron chi connectivity index (χ3n) is 36.0. The van der Waals surface area contributed by atoms with Crippen LogP contribution in [0.4, 0.5) is 0 Å².